The Kier molecular flexibility index (Phi) is 1.58. The topological polar surface area (TPSA) is 21.6 Å². The van der Waals surface area contributed by atoms with E-state index in [0.29, 0.717) is 11.1 Å². The molecule has 1 atom stereocenters. The Hall–Kier alpha value is -0.440. The van der Waals surface area contributed by atoms with Crippen LogP contribution in [0.4, 0.5) is 0 Å². The molecule has 1 aliphatic rings. The first kappa shape index (κ1) is 5.69. The van der Waals surface area contributed by atoms with Gasteiger partial charge in [-0.05, 0) is 19.1 Å². The van der Waals surface area contributed by atoms with Gasteiger partial charge in [0.25, 0.3) is 0 Å². The monoisotopic (exact) mass is 129 g/mol. The Labute approximate surface area is 53.6 Å². The van der Waals surface area contributed by atoms with E-state index >= 15 is 0 Å². The van der Waals surface area contributed by atoms with Gasteiger partial charge < -0.3 is 4.74 Å². The normalized spacial score (nSPS) is 27.6. The fourth-order valence-corrected chi connectivity index (χ4v) is 0.819. The summed E-state index contributed by atoms with van der Waals surface area (Å²) >= 11 is 4.77. The average molecular weight is 129 g/mol. The molecular weight excluding hydrogens is 122 g/mol. The average Bonchev–Trinajstić information content (AvgIpc) is 1.64. The van der Waals surface area contributed by atoms with E-state index in [-0.39, 0.29) is 0 Å². The lowest BCUT2D eigenvalue weighted by atomic mass is 10.2. The molecule has 0 fully saturated rings. The number of aliphatic imine (C=N–C) groups is 1. The van der Waals surface area contributed by atoms with Crippen LogP contribution in [-0.4, -0.2) is 17.5 Å². The lowest BCUT2D eigenvalue weighted by molar-refractivity contribution is 0.516. The number of nitrogens with zero attached hydrogens (tertiary/aromatic N) is 1. The second-order valence-electron chi connectivity index (χ2n) is 1.80. The molecule has 0 saturated heterocycles. The first-order valence-corrected chi connectivity index (χ1v) is 2.91. The van der Waals surface area contributed by atoms with Crippen molar-refractivity contribution in [1.29, 1.82) is 0 Å². The van der Waals surface area contributed by atoms with E-state index in [9.17, 15) is 0 Å². The van der Waals surface area contributed by atoms with Crippen LogP contribution in [0.1, 0.15) is 13.3 Å². The molecule has 0 aromatic heterocycles. The predicted molar refractivity (Wildman–Crippen MR) is 36.3 cm³/mol. The van der Waals surface area contributed by atoms with Crippen molar-refractivity contribution in [3.05, 3.63) is 0 Å². The third-order valence-electron chi connectivity index (χ3n) is 0.962. The maximum absolute atomic E-state index is 4.79. The first-order chi connectivity index (χ1) is 3.79. The van der Waals surface area contributed by atoms with Gasteiger partial charge in [0.1, 0.15) is 0 Å². The summed E-state index contributed by atoms with van der Waals surface area (Å²) in [5.74, 6) is 0. The Morgan fingerprint density at radius 3 is 3.12 bits per heavy atom. The maximum atomic E-state index is 4.79. The van der Waals surface area contributed by atoms with Crippen LogP contribution in [-0.2, 0) is 4.74 Å². The molecule has 1 heterocycles. The van der Waals surface area contributed by atoms with Crippen molar-refractivity contribution in [3.63, 3.8) is 0 Å². The van der Waals surface area contributed by atoms with Crippen molar-refractivity contribution in [2.45, 2.75) is 19.4 Å². The van der Waals surface area contributed by atoms with Crippen LogP contribution in [0.5, 0.6) is 0 Å². The van der Waals surface area contributed by atoms with Crippen LogP contribution >= 0.6 is 12.2 Å². The minimum absolute atomic E-state index is 0.316. The zero-order chi connectivity index (χ0) is 5.98. The van der Waals surface area contributed by atoms with Gasteiger partial charge in [0.05, 0.1) is 6.04 Å². The summed E-state index contributed by atoms with van der Waals surface area (Å²) in [4.78, 5) is 3.95. The summed E-state index contributed by atoms with van der Waals surface area (Å²) in [6.07, 6.45) is 2.20. The Morgan fingerprint density at radius 1 is 2.00 bits per heavy atom. The van der Waals surface area contributed by atoms with Gasteiger partial charge in [-0.3, -0.25) is 4.99 Å². The number of hydrogen-bond donors (Lipinski definition) is 0. The molecule has 0 aliphatic carbocycles. The minimum atomic E-state index is 0.316. The molecule has 8 heavy (non-hydrogen) atoms. The molecule has 2 nitrogen and oxygen atoms in total. The maximum Gasteiger partial charge on any atom is 0.177 e. The highest BCUT2D eigenvalue weighted by atomic mass is 32.1. The molecule has 44 valence electrons. The second-order valence-corrected chi connectivity index (χ2v) is 2.25. The largest absolute Gasteiger partial charge is 0.439 e. The number of rotatable bonds is 0. The summed E-state index contributed by atoms with van der Waals surface area (Å²) in [6, 6.07) is 0.316. The molecule has 1 unspecified atom stereocenters. The van der Waals surface area contributed by atoms with Crippen molar-refractivity contribution in [3.8, 4) is 0 Å². The van der Waals surface area contributed by atoms with E-state index in [1.807, 2.05) is 6.92 Å². The summed E-state index contributed by atoms with van der Waals surface area (Å²) in [5.41, 5.74) is 0. The molecule has 0 bridgehead atoms. The third kappa shape index (κ3) is 1.26. The second kappa shape index (κ2) is 2.22. The van der Waals surface area contributed by atoms with Crippen molar-refractivity contribution >= 4 is 23.7 Å². The van der Waals surface area contributed by atoms with E-state index in [0.717, 1.165) is 6.42 Å². The molecule has 0 amide bonds. The molecule has 0 saturated carbocycles. The van der Waals surface area contributed by atoms with E-state index in [4.69, 9.17) is 17.0 Å². The molecule has 0 spiro atoms. The van der Waals surface area contributed by atoms with E-state index < -0.39 is 0 Å². The smallest absolute Gasteiger partial charge is 0.177 e. The van der Waals surface area contributed by atoms with Gasteiger partial charge in [0.15, 0.2) is 11.5 Å². The minimum Gasteiger partial charge on any atom is -0.439 e. The molecule has 0 N–H and O–H groups in total. The van der Waals surface area contributed by atoms with Crippen LogP contribution < -0.4 is 0 Å². The van der Waals surface area contributed by atoms with Crippen LogP contribution in [0, 0.1) is 0 Å². The number of thiocarbonyl (C=S) groups is 1. The number of ether oxygens (including phenoxy) is 1. The standard InChI is InChI=1S/C5H7NOS/c1-4-2-5(8)7-3-6-4/h3-4H,2H2,1H3. The molecule has 0 radical (unpaired) electrons. The third-order valence-corrected chi connectivity index (χ3v) is 1.22. The van der Waals surface area contributed by atoms with Gasteiger partial charge in [-0.1, -0.05) is 0 Å². The van der Waals surface area contributed by atoms with E-state index in [1.54, 1.807) is 0 Å². The van der Waals surface area contributed by atoms with E-state index in [1.165, 1.54) is 6.40 Å². The zero-order valence-electron chi connectivity index (χ0n) is 4.63. The van der Waals surface area contributed by atoms with Crippen LogP contribution in [0.2, 0.25) is 0 Å². The quantitative estimate of drug-likeness (QED) is 0.458. The molecular formula is C5H7NOS. The summed E-state index contributed by atoms with van der Waals surface area (Å²) < 4.78 is 4.79. The number of hydrogen-bond acceptors (Lipinski definition) is 3. The van der Waals surface area contributed by atoms with Crippen molar-refractivity contribution < 1.29 is 4.74 Å². The highest BCUT2D eigenvalue weighted by molar-refractivity contribution is 7.80. The highest BCUT2D eigenvalue weighted by Crippen LogP contribution is 2.03. The lowest BCUT2D eigenvalue weighted by Gasteiger charge is -2.10. The Balaban J connectivity index is 2.54. The molecule has 0 aromatic rings. The van der Waals surface area contributed by atoms with Gasteiger partial charge in [-0.2, -0.15) is 0 Å². The van der Waals surface area contributed by atoms with Gasteiger partial charge in [0.2, 0.25) is 0 Å². The van der Waals surface area contributed by atoms with Crippen molar-refractivity contribution in [2.24, 2.45) is 4.99 Å². The van der Waals surface area contributed by atoms with Crippen LogP contribution in [0.3, 0.4) is 0 Å². The summed E-state index contributed by atoms with van der Waals surface area (Å²) in [6.45, 7) is 2.01. The Morgan fingerprint density at radius 2 is 2.75 bits per heavy atom. The SMILES string of the molecule is CC1CC(=S)OC=N1. The molecule has 1 aliphatic heterocycles. The predicted octanol–water partition coefficient (Wildman–Crippen LogP) is 1.15. The van der Waals surface area contributed by atoms with Crippen molar-refractivity contribution in [1.82, 2.24) is 0 Å². The molecule has 1 rings (SSSR count). The Bertz CT molecular complexity index is 132. The van der Waals surface area contributed by atoms with Crippen molar-refractivity contribution in [2.75, 3.05) is 0 Å². The molecule has 3 heteroatoms. The van der Waals surface area contributed by atoms with Gasteiger partial charge in [0, 0.05) is 6.42 Å². The van der Waals surface area contributed by atoms with Crippen LogP contribution in [0.25, 0.3) is 0 Å². The highest BCUT2D eigenvalue weighted by Gasteiger charge is 2.07. The molecule has 0 aromatic carbocycles. The fourth-order valence-electron chi connectivity index (χ4n) is 0.535. The zero-order valence-corrected chi connectivity index (χ0v) is 5.44. The van der Waals surface area contributed by atoms with E-state index in [2.05, 4.69) is 4.99 Å². The van der Waals surface area contributed by atoms with Gasteiger partial charge in [-0.25, -0.2) is 0 Å². The summed E-state index contributed by atoms with van der Waals surface area (Å²) in [5, 5.41) is 0.646. The van der Waals surface area contributed by atoms with Crippen LogP contribution in [0.15, 0.2) is 4.99 Å². The first-order valence-electron chi connectivity index (χ1n) is 2.50. The fraction of sp³-hybridized carbons (Fsp3) is 0.600. The summed E-state index contributed by atoms with van der Waals surface area (Å²) in [7, 11) is 0. The lowest BCUT2D eigenvalue weighted by Crippen LogP contribution is -2.14. The van der Waals surface area contributed by atoms with Gasteiger partial charge >= 0.3 is 0 Å². The van der Waals surface area contributed by atoms with Gasteiger partial charge in [-0.15, -0.1) is 0 Å².